The molecule has 4 aromatic carbocycles. The predicted molar refractivity (Wildman–Crippen MR) is 130 cm³/mol. The highest BCUT2D eigenvalue weighted by atomic mass is 19.2. The number of hydrogen-bond acceptors (Lipinski definition) is 2. The number of hydrogen-bond donors (Lipinski definition) is 0. The molecule has 0 radical (unpaired) electrons. The molecule has 0 atom stereocenters. The maximum Gasteiger partial charge on any atom is 0.167 e. The van der Waals surface area contributed by atoms with Gasteiger partial charge in [-0.15, -0.1) is 0 Å². The Kier molecular flexibility index (Phi) is 7.02. The van der Waals surface area contributed by atoms with Gasteiger partial charge in [0.05, 0.1) is 13.7 Å². The zero-order valence-electron chi connectivity index (χ0n) is 18.8. The highest BCUT2D eigenvalue weighted by Crippen LogP contribution is 2.29. The van der Waals surface area contributed by atoms with Crippen LogP contribution in [-0.4, -0.2) is 13.7 Å². The molecule has 172 valence electrons. The fourth-order valence-electron chi connectivity index (χ4n) is 3.61. The Hall–Kier alpha value is -3.99. The van der Waals surface area contributed by atoms with E-state index in [1.807, 2.05) is 24.3 Å². The minimum Gasteiger partial charge on any atom is -0.497 e. The summed E-state index contributed by atoms with van der Waals surface area (Å²) in [6, 6.07) is 22.1. The third-order valence-electron chi connectivity index (χ3n) is 5.44. The number of methoxy groups -OCH3 is 1. The zero-order valence-corrected chi connectivity index (χ0v) is 18.8. The molecule has 0 aromatic heterocycles. The first-order valence-electron chi connectivity index (χ1n) is 10.8. The average molecular weight is 460 g/mol. The molecule has 0 N–H and O–H groups in total. The van der Waals surface area contributed by atoms with Crippen molar-refractivity contribution in [3.63, 3.8) is 0 Å². The summed E-state index contributed by atoms with van der Waals surface area (Å²) in [7, 11) is 1.55. The van der Waals surface area contributed by atoms with Crippen LogP contribution in [0.1, 0.15) is 18.1 Å². The van der Waals surface area contributed by atoms with Gasteiger partial charge >= 0.3 is 0 Å². The van der Waals surface area contributed by atoms with Crippen LogP contribution in [-0.2, 0) is 0 Å². The average Bonchev–Trinajstić information content (AvgIpc) is 2.87. The number of benzene rings is 4. The van der Waals surface area contributed by atoms with E-state index < -0.39 is 17.5 Å². The summed E-state index contributed by atoms with van der Waals surface area (Å²) >= 11 is 0. The summed E-state index contributed by atoms with van der Waals surface area (Å²) in [5.74, 6) is -1.37. The first-order valence-corrected chi connectivity index (χ1v) is 10.8. The van der Waals surface area contributed by atoms with E-state index in [2.05, 4.69) is 0 Å². The molecule has 0 unspecified atom stereocenters. The summed E-state index contributed by atoms with van der Waals surface area (Å²) in [5.41, 5.74) is 3.25. The van der Waals surface area contributed by atoms with Crippen molar-refractivity contribution in [1.82, 2.24) is 0 Å². The molecular weight excluding hydrogens is 437 g/mol. The second-order valence-corrected chi connectivity index (χ2v) is 7.59. The van der Waals surface area contributed by atoms with Crippen LogP contribution in [0.4, 0.5) is 13.2 Å². The van der Waals surface area contributed by atoms with Crippen molar-refractivity contribution in [2.45, 2.75) is 6.92 Å². The summed E-state index contributed by atoms with van der Waals surface area (Å²) in [4.78, 5) is 0. The lowest BCUT2D eigenvalue weighted by atomic mass is 10.0. The first-order chi connectivity index (χ1) is 16.5. The van der Waals surface area contributed by atoms with Crippen molar-refractivity contribution in [1.29, 1.82) is 0 Å². The van der Waals surface area contributed by atoms with Crippen molar-refractivity contribution < 1.29 is 22.6 Å². The van der Waals surface area contributed by atoms with Crippen molar-refractivity contribution in [2.24, 2.45) is 0 Å². The second-order valence-electron chi connectivity index (χ2n) is 7.59. The maximum atomic E-state index is 14.7. The van der Waals surface area contributed by atoms with E-state index in [-0.39, 0.29) is 16.9 Å². The van der Waals surface area contributed by atoms with Gasteiger partial charge in [0.2, 0.25) is 0 Å². The standard InChI is InChI=1S/C29H23F3O2/c1-3-34-27-17-13-23(18-26(27)30)20-7-4-19(5-8-20)6-9-22-12-16-25(29(32)28(22)31)21-10-14-24(33-2)15-11-21/h4-18H,3H2,1-2H3/b9-6+. The van der Waals surface area contributed by atoms with Crippen LogP contribution in [0, 0.1) is 17.5 Å². The molecule has 4 rings (SSSR count). The minimum absolute atomic E-state index is 0.146. The summed E-state index contributed by atoms with van der Waals surface area (Å²) in [6.45, 7) is 2.20. The first kappa shape index (κ1) is 23.2. The van der Waals surface area contributed by atoms with Gasteiger partial charge in [-0.25, -0.2) is 13.2 Å². The number of ether oxygens (including phenoxy) is 2. The van der Waals surface area contributed by atoms with Gasteiger partial charge in [0.25, 0.3) is 0 Å². The number of halogens is 3. The normalized spacial score (nSPS) is 11.1. The molecule has 0 aliphatic rings. The molecule has 0 amide bonds. The van der Waals surface area contributed by atoms with E-state index in [1.54, 1.807) is 68.6 Å². The molecular formula is C29H23F3O2. The number of rotatable bonds is 7. The highest BCUT2D eigenvalue weighted by Gasteiger charge is 2.13. The Bertz CT molecular complexity index is 1310. The van der Waals surface area contributed by atoms with Crippen molar-refractivity contribution in [3.05, 3.63) is 107 Å². The van der Waals surface area contributed by atoms with E-state index in [9.17, 15) is 13.2 Å². The SMILES string of the molecule is CCOc1ccc(-c2ccc(/C=C/c3ccc(-c4ccc(OC)cc4)c(F)c3F)cc2)cc1F. The summed E-state index contributed by atoms with van der Waals surface area (Å²) < 4.78 is 53.9. The maximum absolute atomic E-state index is 14.7. The lowest BCUT2D eigenvalue weighted by Gasteiger charge is -2.08. The Morgan fingerprint density at radius 1 is 0.706 bits per heavy atom. The predicted octanol–water partition coefficient (Wildman–Crippen LogP) is 8.02. The Morgan fingerprint density at radius 2 is 1.38 bits per heavy atom. The minimum atomic E-state index is -0.911. The molecule has 0 aliphatic heterocycles. The third-order valence-corrected chi connectivity index (χ3v) is 5.44. The van der Waals surface area contributed by atoms with Gasteiger partial charge in [0.15, 0.2) is 23.2 Å². The van der Waals surface area contributed by atoms with Crippen LogP contribution in [0.25, 0.3) is 34.4 Å². The lowest BCUT2D eigenvalue weighted by Crippen LogP contribution is -1.94. The molecule has 4 aromatic rings. The van der Waals surface area contributed by atoms with Crippen molar-refractivity contribution >= 4 is 12.2 Å². The van der Waals surface area contributed by atoms with Crippen molar-refractivity contribution in [3.8, 4) is 33.8 Å². The van der Waals surface area contributed by atoms with Gasteiger partial charge in [-0.2, -0.15) is 0 Å². The highest BCUT2D eigenvalue weighted by molar-refractivity contribution is 5.74. The largest absolute Gasteiger partial charge is 0.497 e. The topological polar surface area (TPSA) is 18.5 Å². The molecule has 0 fully saturated rings. The van der Waals surface area contributed by atoms with E-state index in [1.165, 1.54) is 12.1 Å². The van der Waals surface area contributed by atoms with Crippen LogP contribution in [0.3, 0.4) is 0 Å². The van der Waals surface area contributed by atoms with Gasteiger partial charge < -0.3 is 9.47 Å². The lowest BCUT2D eigenvalue weighted by molar-refractivity contribution is 0.321. The van der Waals surface area contributed by atoms with Crippen LogP contribution in [0.2, 0.25) is 0 Å². The quantitative estimate of drug-likeness (QED) is 0.260. The monoisotopic (exact) mass is 460 g/mol. The smallest absolute Gasteiger partial charge is 0.167 e. The van der Waals surface area contributed by atoms with Gasteiger partial charge in [-0.1, -0.05) is 66.7 Å². The van der Waals surface area contributed by atoms with E-state index in [4.69, 9.17) is 9.47 Å². The molecule has 0 bridgehead atoms. The molecule has 0 saturated carbocycles. The molecule has 0 saturated heterocycles. The second kappa shape index (κ2) is 10.3. The Labute approximate surface area is 196 Å². The molecule has 0 spiro atoms. The van der Waals surface area contributed by atoms with Crippen LogP contribution in [0.15, 0.2) is 78.9 Å². The van der Waals surface area contributed by atoms with Gasteiger partial charge in [-0.05, 0) is 53.4 Å². The Balaban J connectivity index is 1.52. The van der Waals surface area contributed by atoms with E-state index >= 15 is 0 Å². The van der Waals surface area contributed by atoms with E-state index in [0.29, 0.717) is 17.9 Å². The summed E-state index contributed by atoms with van der Waals surface area (Å²) in [6.07, 6.45) is 3.23. The van der Waals surface area contributed by atoms with Crippen LogP contribution < -0.4 is 9.47 Å². The third kappa shape index (κ3) is 4.99. The molecule has 5 heteroatoms. The Morgan fingerprint density at radius 3 is 2.03 bits per heavy atom. The fourth-order valence-corrected chi connectivity index (χ4v) is 3.61. The fraction of sp³-hybridized carbons (Fsp3) is 0.103. The van der Waals surface area contributed by atoms with Gasteiger partial charge in [-0.3, -0.25) is 0 Å². The zero-order chi connectivity index (χ0) is 24.1. The van der Waals surface area contributed by atoms with Crippen molar-refractivity contribution in [2.75, 3.05) is 13.7 Å². The molecule has 0 heterocycles. The molecule has 34 heavy (non-hydrogen) atoms. The van der Waals surface area contributed by atoms with Crippen LogP contribution >= 0.6 is 0 Å². The van der Waals surface area contributed by atoms with Gasteiger partial charge in [0, 0.05) is 11.1 Å². The van der Waals surface area contributed by atoms with Crippen LogP contribution in [0.5, 0.6) is 11.5 Å². The molecule has 2 nitrogen and oxygen atoms in total. The van der Waals surface area contributed by atoms with Gasteiger partial charge in [0.1, 0.15) is 5.75 Å². The van der Waals surface area contributed by atoms with E-state index in [0.717, 1.165) is 16.7 Å². The molecule has 0 aliphatic carbocycles. The summed E-state index contributed by atoms with van der Waals surface area (Å²) in [5, 5.41) is 0.